The fraction of sp³-hybridized carbons (Fsp3) is 0.733. The summed E-state index contributed by atoms with van der Waals surface area (Å²) in [7, 11) is 0. The summed E-state index contributed by atoms with van der Waals surface area (Å²) in [5.41, 5.74) is 0.830. The van der Waals surface area contributed by atoms with Crippen molar-refractivity contribution >= 4 is 17.2 Å². The number of aryl methyl sites for hydroxylation is 1. The average molecular weight is 295 g/mol. The largest absolute Gasteiger partial charge is 0.342 e. The van der Waals surface area contributed by atoms with Gasteiger partial charge in [-0.3, -0.25) is 4.79 Å². The SMILES string of the molecule is Cc1csc(CNC2CCN(C(=O)C(C)(C)C)CC2)n1. The number of hydrogen-bond acceptors (Lipinski definition) is 4. The normalized spacial score (nSPS) is 17.5. The highest BCUT2D eigenvalue weighted by Crippen LogP contribution is 2.21. The molecule has 1 aliphatic rings. The van der Waals surface area contributed by atoms with E-state index in [2.05, 4.69) is 15.7 Å². The quantitative estimate of drug-likeness (QED) is 0.932. The van der Waals surface area contributed by atoms with E-state index < -0.39 is 0 Å². The molecule has 0 atom stereocenters. The van der Waals surface area contributed by atoms with Crippen LogP contribution in [0.5, 0.6) is 0 Å². The molecule has 1 aromatic heterocycles. The van der Waals surface area contributed by atoms with Gasteiger partial charge in [-0.15, -0.1) is 11.3 Å². The van der Waals surface area contributed by atoms with Gasteiger partial charge in [0.05, 0.1) is 0 Å². The van der Waals surface area contributed by atoms with Crippen molar-refractivity contribution in [2.24, 2.45) is 5.41 Å². The molecule has 1 saturated heterocycles. The zero-order valence-electron chi connectivity index (χ0n) is 12.9. The molecule has 1 aromatic rings. The second-order valence-electron chi connectivity index (χ2n) is 6.58. The highest BCUT2D eigenvalue weighted by Gasteiger charge is 2.30. The van der Waals surface area contributed by atoms with E-state index in [4.69, 9.17) is 0 Å². The molecule has 20 heavy (non-hydrogen) atoms. The van der Waals surface area contributed by atoms with Gasteiger partial charge in [0.1, 0.15) is 5.01 Å². The molecule has 5 heteroatoms. The summed E-state index contributed by atoms with van der Waals surface area (Å²) in [6, 6.07) is 0.503. The van der Waals surface area contributed by atoms with Crippen LogP contribution in [0.2, 0.25) is 0 Å². The van der Waals surface area contributed by atoms with Crippen LogP contribution >= 0.6 is 11.3 Å². The molecule has 0 aliphatic carbocycles. The van der Waals surface area contributed by atoms with Crippen molar-refractivity contribution in [2.45, 2.75) is 53.1 Å². The molecular formula is C15H25N3OS. The third kappa shape index (κ3) is 4.03. The number of likely N-dealkylation sites (tertiary alicyclic amines) is 1. The van der Waals surface area contributed by atoms with Gasteiger partial charge in [0.2, 0.25) is 5.91 Å². The van der Waals surface area contributed by atoms with Gasteiger partial charge in [-0.05, 0) is 19.8 Å². The number of hydrogen-bond donors (Lipinski definition) is 1. The molecule has 0 aromatic carbocycles. The Kier molecular flexibility index (Phi) is 4.81. The monoisotopic (exact) mass is 295 g/mol. The second-order valence-corrected chi connectivity index (χ2v) is 7.52. The van der Waals surface area contributed by atoms with Crippen LogP contribution in [0.1, 0.15) is 44.3 Å². The van der Waals surface area contributed by atoms with Gasteiger partial charge >= 0.3 is 0 Å². The second kappa shape index (κ2) is 6.22. The Hall–Kier alpha value is -0.940. The van der Waals surface area contributed by atoms with Crippen LogP contribution in [0, 0.1) is 12.3 Å². The minimum absolute atomic E-state index is 0.265. The van der Waals surface area contributed by atoms with E-state index >= 15 is 0 Å². The van der Waals surface area contributed by atoms with Crippen molar-refractivity contribution in [3.05, 3.63) is 16.1 Å². The summed E-state index contributed by atoms with van der Waals surface area (Å²) < 4.78 is 0. The number of nitrogens with zero attached hydrogens (tertiary/aromatic N) is 2. The summed E-state index contributed by atoms with van der Waals surface area (Å²) in [6.45, 7) is 10.6. The highest BCUT2D eigenvalue weighted by atomic mass is 32.1. The Balaban J connectivity index is 1.76. The lowest BCUT2D eigenvalue weighted by atomic mass is 9.93. The maximum absolute atomic E-state index is 12.2. The van der Waals surface area contributed by atoms with E-state index in [0.717, 1.165) is 43.2 Å². The predicted molar refractivity (Wildman–Crippen MR) is 82.7 cm³/mol. The molecule has 2 rings (SSSR count). The number of carbonyl (C=O) groups excluding carboxylic acids is 1. The van der Waals surface area contributed by atoms with Gasteiger partial charge in [-0.25, -0.2) is 4.98 Å². The van der Waals surface area contributed by atoms with Crippen LogP contribution in [0.25, 0.3) is 0 Å². The number of carbonyl (C=O) groups is 1. The van der Waals surface area contributed by atoms with Crippen molar-refractivity contribution in [1.29, 1.82) is 0 Å². The molecule has 112 valence electrons. The van der Waals surface area contributed by atoms with Crippen LogP contribution in [0.15, 0.2) is 5.38 Å². The number of nitrogens with one attached hydrogen (secondary N) is 1. The molecule has 0 radical (unpaired) electrons. The molecule has 1 fully saturated rings. The number of amides is 1. The van der Waals surface area contributed by atoms with E-state index in [1.807, 2.05) is 32.6 Å². The van der Waals surface area contributed by atoms with Gasteiger partial charge in [0.15, 0.2) is 0 Å². The van der Waals surface area contributed by atoms with Crippen molar-refractivity contribution in [3.63, 3.8) is 0 Å². The lowest BCUT2D eigenvalue weighted by Gasteiger charge is -2.36. The molecule has 1 N–H and O–H groups in total. The Labute approximate surface area is 125 Å². The summed E-state index contributed by atoms with van der Waals surface area (Å²) in [5.74, 6) is 0.270. The maximum atomic E-state index is 12.2. The molecule has 1 aliphatic heterocycles. The summed E-state index contributed by atoms with van der Waals surface area (Å²) in [5, 5.41) is 6.79. The summed E-state index contributed by atoms with van der Waals surface area (Å²) in [6.07, 6.45) is 2.07. The minimum atomic E-state index is -0.265. The van der Waals surface area contributed by atoms with Crippen LogP contribution in [0.4, 0.5) is 0 Å². The van der Waals surface area contributed by atoms with E-state index in [0.29, 0.717) is 6.04 Å². The Morgan fingerprint density at radius 1 is 1.45 bits per heavy atom. The average Bonchev–Trinajstić information content (AvgIpc) is 2.81. The van der Waals surface area contributed by atoms with E-state index in [9.17, 15) is 4.79 Å². The molecule has 0 spiro atoms. The van der Waals surface area contributed by atoms with Crippen molar-refractivity contribution in [1.82, 2.24) is 15.2 Å². The summed E-state index contributed by atoms with van der Waals surface area (Å²) in [4.78, 5) is 18.7. The fourth-order valence-electron chi connectivity index (χ4n) is 2.48. The van der Waals surface area contributed by atoms with Crippen LogP contribution < -0.4 is 5.32 Å². The third-order valence-electron chi connectivity index (χ3n) is 3.63. The standard InChI is InChI=1S/C15H25N3OS/c1-11-10-20-13(17-11)9-16-12-5-7-18(8-6-12)14(19)15(2,3)4/h10,12,16H,5-9H2,1-4H3. The molecule has 0 bridgehead atoms. The first-order chi connectivity index (χ1) is 9.36. The predicted octanol–water partition coefficient (Wildman–Crippen LogP) is 2.58. The molecule has 1 amide bonds. The molecule has 0 saturated carbocycles. The lowest BCUT2D eigenvalue weighted by Crippen LogP contribution is -2.48. The number of thiazole rings is 1. The van der Waals surface area contributed by atoms with Crippen LogP contribution in [-0.4, -0.2) is 34.9 Å². The van der Waals surface area contributed by atoms with Crippen molar-refractivity contribution in [3.8, 4) is 0 Å². The highest BCUT2D eigenvalue weighted by molar-refractivity contribution is 7.09. The number of piperidine rings is 1. The lowest BCUT2D eigenvalue weighted by molar-refractivity contribution is -0.140. The minimum Gasteiger partial charge on any atom is -0.342 e. The van der Waals surface area contributed by atoms with Gasteiger partial charge in [-0.2, -0.15) is 0 Å². The van der Waals surface area contributed by atoms with Gasteiger partial charge in [0, 0.05) is 42.2 Å². The first-order valence-electron chi connectivity index (χ1n) is 7.30. The van der Waals surface area contributed by atoms with Gasteiger partial charge < -0.3 is 10.2 Å². The Bertz CT molecular complexity index is 456. The Morgan fingerprint density at radius 3 is 2.60 bits per heavy atom. The van der Waals surface area contributed by atoms with Crippen molar-refractivity contribution in [2.75, 3.05) is 13.1 Å². The van der Waals surface area contributed by atoms with Crippen molar-refractivity contribution < 1.29 is 4.79 Å². The van der Waals surface area contributed by atoms with Crippen LogP contribution in [0.3, 0.4) is 0 Å². The third-order valence-corrected chi connectivity index (χ3v) is 4.60. The first kappa shape index (κ1) is 15.4. The van der Waals surface area contributed by atoms with E-state index in [1.54, 1.807) is 11.3 Å². The summed E-state index contributed by atoms with van der Waals surface area (Å²) >= 11 is 1.71. The van der Waals surface area contributed by atoms with E-state index in [-0.39, 0.29) is 11.3 Å². The number of aromatic nitrogens is 1. The fourth-order valence-corrected chi connectivity index (χ4v) is 3.20. The Morgan fingerprint density at radius 2 is 2.10 bits per heavy atom. The van der Waals surface area contributed by atoms with Gasteiger partial charge in [-0.1, -0.05) is 20.8 Å². The zero-order valence-corrected chi connectivity index (χ0v) is 13.7. The maximum Gasteiger partial charge on any atom is 0.227 e. The molecule has 4 nitrogen and oxygen atoms in total. The molecule has 2 heterocycles. The van der Waals surface area contributed by atoms with Gasteiger partial charge in [0.25, 0.3) is 0 Å². The van der Waals surface area contributed by atoms with E-state index in [1.165, 1.54) is 0 Å². The molecular weight excluding hydrogens is 270 g/mol. The smallest absolute Gasteiger partial charge is 0.227 e. The molecule has 0 unspecified atom stereocenters. The van der Waals surface area contributed by atoms with Crippen LogP contribution in [-0.2, 0) is 11.3 Å². The topological polar surface area (TPSA) is 45.2 Å². The zero-order chi connectivity index (χ0) is 14.8. The number of rotatable bonds is 3. The first-order valence-corrected chi connectivity index (χ1v) is 8.18.